The molecule has 0 aliphatic carbocycles. The zero-order valence-corrected chi connectivity index (χ0v) is 22.2. The van der Waals surface area contributed by atoms with Crippen molar-refractivity contribution >= 4 is 22.8 Å². The van der Waals surface area contributed by atoms with Gasteiger partial charge in [-0.15, -0.1) is 0 Å². The molecular weight excluding hydrogens is 529 g/mol. The lowest BCUT2D eigenvalue weighted by molar-refractivity contribution is -0.0600. The maximum absolute atomic E-state index is 14.2. The van der Waals surface area contributed by atoms with E-state index in [1.807, 2.05) is 22.8 Å². The standard InChI is InChI=1S/C30H28FN5O5/c31-24-14-19(16-32)4-5-21(24)18-40-28-3-1-2-27(34-28)35-11-8-22(9-12-35)41-30-33-25-7-6-20(29(37)38)15-26(25)36(30)17-23-10-13-39-23/h1-7,14-15,22-23H,8-13,17-18H2,(H,37,38)/t23-/m0/s1. The molecule has 2 fully saturated rings. The molecule has 41 heavy (non-hydrogen) atoms. The van der Waals surface area contributed by atoms with Crippen molar-refractivity contribution in [3.8, 4) is 18.0 Å². The summed E-state index contributed by atoms with van der Waals surface area (Å²) in [5, 5.41) is 18.4. The molecule has 0 radical (unpaired) electrons. The number of ether oxygens (including phenoxy) is 3. The number of aromatic nitrogens is 3. The molecule has 1 N–H and O–H groups in total. The summed E-state index contributed by atoms with van der Waals surface area (Å²) in [5.41, 5.74) is 2.21. The van der Waals surface area contributed by atoms with Gasteiger partial charge in [0.2, 0.25) is 5.88 Å². The average Bonchev–Trinajstić information content (AvgIpc) is 3.30. The van der Waals surface area contributed by atoms with Crippen molar-refractivity contribution in [3.05, 3.63) is 77.1 Å². The Morgan fingerprint density at radius 2 is 1.95 bits per heavy atom. The number of fused-ring (bicyclic) bond motifs is 1. The number of anilines is 1. The van der Waals surface area contributed by atoms with Crippen molar-refractivity contribution in [2.45, 2.75) is 44.6 Å². The van der Waals surface area contributed by atoms with Crippen LogP contribution >= 0.6 is 0 Å². The van der Waals surface area contributed by atoms with Crippen LogP contribution in [0.1, 0.15) is 40.7 Å². The summed E-state index contributed by atoms with van der Waals surface area (Å²) >= 11 is 0. The number of hydrogen-bond donors (Lipinski definition) is 1. The Morgan fingerprint density at radius 1 is 1.12 bits per heavy atom. The van der Waals surface area contributed by atoms with Crippen LogP contribution in [0.5, 0.6) is 11.9 Å². The van der Waals surface area contributed by atoms with E-state index < -0.39 is 11.8 Å². The number of hydrogen-bond acceptors (Lipinski definition) is 8. The highest BCUT2D eigenvalue weighted by Gasteiger charge is 2.27. The second-order valence-electron chi connectivity index (χ2n) is 10.1. The number of benzene rings is 2. The predicted octanol–water partition coefficient (Wildman–Crippen LogP) is 4.56. The number of carbonyl (C=O) groups is 1. The number of nitrogens with zero attached hydrogens (tertiary/aromatic N) is 5. The van der Waals surface area contributed by atoms with E-state index in [9.17, 15) is 14.3 Å². The summed E-state index contributed by atoms with van der Waals surface area (Å²) in [7, 11) is 0. The molecule has 11 heteroatoms. The zero-order valence-electron chi connectivity index (χ0n) is 22.2. The molecule has 6 rings (SSSR count). The molecule has 4 aromatic rings. The molecule has 210 valence electrons. The summed E-state index contributed by atoms with van der Waals surface area (Å²) in [6.45, 7) is 2.70. The van der Waals surface area contributed by atoms with Gasteiger partial charge in [-0.2, -0.15) is 15.2 Å². The van der Waals surface area contributed by atoms with E-state index in [0.29, 0.717) is 42.6 Å². The second kappa shape index (κ2) is 11.4. The van der Waals surface area contributed by atoms with Gasteiger partial charge >= 0.3 is 5.97 Å². The van der Waals surface area contributed by atoms with Crippen molar-refractivity contribution in [1.29, 1.82) is 5.26 Å². The minimum absolute atomic E-state index is 0.00473. The third-order valence-electron chi connectivity index (χ3n) is 7.44. The van der Waals surface area contributed by atoms with Gasteiger partial charge in [0.15, 0.2) is 0 Å². The molecule has 0 saturated carbocycles. The van der Waals surface area contributed by atoms with E-state index in [2.05, 4.69) is 14.9 Å². The van der Waals surface area contributed by atoms with Crippen LogP contribution in [0.3, 0.4) is 0 Å². The molecule has 2 saturated heterocycles. The Morgan fingerprint density at radius 3 is 2.66 bits per heavy atom. The molecular formula is C30H28FN5O5. The molecule has 10 nitrogen and oxygen atoms in total. The number of rotatable bonds is 9. The maximum Gasteiger partial charge on any atom is 0.335 e. The minimum atomic E-state index is -0.987. The fourth-order valence-electron chi connectivity index (χ4n) is 5.03. The normalized spacial score (nSPS) is 17.2. The summed E-state index contributed by atoms with van der Waals surface area (Å²) in [4.78, 5) is 23.0. The van der Waals surface area contributed by atoms with Gasteiger partial charge in [0.05, 0.1) is 40.9 Å². The fourth-order valence-corrected chi connectivity index (χ4v) is 5.03. The van der Waals surface area contributed by atoms with Crippen LogP contribution in [-0.2, 0) is 17.9 Å². The molecule has 2 aromatic carbocycles. The van der Waals surface area contributed by atoms with Crippen LogP contribution in [-0.4, -0.2) is 57.5 Å². The first-order valence-electron chi connectivity index (χ1n) is 13.5. The number of aromatic carboxylic acids is 1. The van der Waals surface area contributed by atoms with Gasteiger partial charge in [0.25, 0.3) is 6.01 Å². The molecule has 1 atom stereocenters. The Labute approximate surface area is 235 Å². The van der Waals surface area contributed by atoms with Crippen LogP contribution in [0.15, 0.2) is 54.6 Å². The quantitative estimate of drug-likeness (QED) is 0.316. The van der Waals surface area contributed by atoms with Crippen LogP contribution in [0, 0.1) is 17.1 Å². The smallest absolute Gasteiger partial charge is 0.335 e. The summed E-state index contributed by atoms with van der Waals surface area (Å²) < 4.78 is 33.9. The number of piperidine rings is 1. The fraction of sp³-hybridized carbons (Fsp3) is 0.333. The first-order valence-corrected chi connectivity index (χ1v) is 13.5. The highest BCUT2D eigenvalue weighted by Crippen LogP contribution is 2.29. The number of nitriles is 1. The Bertz CT molecular complexity index is 1620. The summed E-state index contributed by atoms with van der Waals surface area (Å²) in [5.74, 6) is -0.327. The zero-order chi connectivity index (χ0) is 28.3. The molecule has 0 bridgehead atoms. The number of carboxylic acids is 1. The molecule has 2 aliphatic rings. The molecule has 2 aliphatic heterocycles. The van der Waals surface area contributed by atoms with Gasteiger partial charge < -0.3 is 24.2 Å². The van der Waals surface area contributed by atoms with Gasteiger partial charge in [-0.05, 0) is 42.8 Å². The van der Waals surface area contributed by atoms with E-state index in [4.69, 9.17) is 19.5 Å². The van der Waals surface area contributed by atoms with Gasteiger partial charge in [0, 0.05) is 44.2 Å². The van der Waals surface area contributed by atoms with Crippen molar-refractivity contribution in [1.82, 2.24) is 14.5 Å². The van der Waals surface area contributed by atoms with Crippen molar-refractivity contribution in [3.63, 3.8) is 0 Å². The third-order valence-corrected chi connectivity index (χ3v) is 7.44. The van der Waals surface area contributed by atoms with Gasteiger partial charge in [0.1, 0.15) is 24.3 Å². The number of carboxylic acid groups (broad SMARTS) is 1. The van der Waals surface area contributed by atoms with Crippen molar-refractivity contribution < 1.29 is 28.5 Å². The summed E-state index contributed by atoms with van der Waals surface area (Å²) in [6.07, 6.45) is 2.41. The Balaban J connectivity index is 1.10. The van der Waals surface area contributed by atoms with E-state index in [0.717, 1.165) is 37.2 Å². The second-order valence-corrected chi connectivity index (χ2v) is 10.1. The first kappa shape index (κ1) is 26.5. The minimum Gasteiger partial charge on any atom is -0.478 e. The van der Waals surface area contributed by atoms with Gasteiger partial charge in [-0.1, -0.05) is 12.1 Å². The molecule has 0 amide bonds. The first-order chi connectivity index (χ1) is 20.0. The van der Waals surface area contributed by atoms with E-state index >= 15 is 0 Å². The van der Waals surface area contributed by atoms with Crippen LogP contribution in [0.25, 0.3) is 11.0 Å². The molecule has 2 aromatic heterocycles. The van der Waals surface area contributed by atoms with Gasteiger partial charge in [-0.25, -0.2) is 9.18 Å². The number of imidazole rings is 1. The SMILES string of the molecule is N#Cc1ccc(COc2cccc(N3CCC(Oc4nc5ccc(C(=O)O)cc5n4C[C@@H]4CCO4)CC3)n2)c(F)c1. The Kier molecular flexibility index (Phi) is 7.39. The van der Waals surface area contributed by atoms with E-state index in [1.54, 1.807) is 36.4 Å². The monoisotopic (exact) mass is 557 g/mol. The largest absolute Gasteiger partial charge is 0.478 e. The lowest BCUT2D eigenvalue weighted by atomic mass is 10.1. The highest BCUT2D eigenvalue weighted by molar-refractivity contribution is 5.92. The van der Waals surface area contributed by atoms with Crippen LogP contribution in [0.2, 0.25) is 0 Å². The van der Waals surface area contributed by atoms with Crippen LogP contribution in [0.4, 0.5) is 10.2 Å². The molecule has 4 heterocycles. The third kappa shape index (κ3) is 5.78. The van der Waals surface area contributed by atoms with Crippen LogP contribution < -0.4 is 14.4 Å². The lowest BCUT2D eigenvalue weighted by Gasteiger charge is -2.33. The Hall–Kier alpha value is -4.69. The number of pyridine rings is 1. The lowest BCUT2D eigenvalue weighted by Crippen LogP contribution is -2.39. The predicted molar refractivity (Wildman–Crippen MR) is 147 cm³/mol. The molecule has 0 spiro atoms. The maximum atomic E-state index is 14.2. The summed E-state index contributed by atoms with van der Waals surface area (Å²) in [6, 6.07) is 17.1. The van der Waals surface area contributed by atoms with Crippen molar-refractivity contribution in [2.24, 2.45) is 0 Å². The molecule has 0 unspecified atom stereocenters. The average molecular weight is 558 g/mol. The van der Waals surface area contributed by atoms with E-state index in [1.165, 1.54) is 6.07 Å². The topological polar surface area (TPSA) is 123 Å². The highest BCUT2D eigenvalue weighted by atomic mass is 19.1. The van der Waals surface area contributed by atoms with E-state index in [-0.39, 0.29) is 29.9 Å². The number of halogens is 1. The van der Waals surface area contributed by atoms with Crippen molar-refractivity contribution in [2.75, 3.05) is 24.6 Å². The van der Waals surface area contributed by atoms with Gasteiger partial charge in [-0.3, -0.25) is 4.57 Å².